The maximum absolute atomic E-state index is 2.53. The van der Waals surface area contributed by atoms with E-state index in [0.29, 0.717) is 0 Å². The van der Waals surface area contributed by atoms with E-state index in [1.54, 1.807) is 0 Å². The number of fused-ring (bicyclic) bond motifs is 10. The minimum Gasteiger partial charge on any atom is -0.309 e. The first-order valence-corrected chi connectivity index (χ1v) is 24.2. The quantitative estimate of drug-likeness (QED) is 0.151. The van der Waals surface area contributed by atoms with Crippen LogP contribution in [0.4, 0.5) is 0 Å². The number of hydrogen-bond donors (Lipinski definition) is 0. The normalized spacial score (nSPS) is 11.8. The zero-order valence-corrected chi connectivity index (χ0v) is 38.6. The SMILES string of the molecule is Cc1cccc(-c2ccc3c(c2)c2ccccc2n3-c2cc(-c3ccccc3)ccc2-c2ccccc2)c1-n1c2ccccc2c2c1ccc1c3ccccc3n(-c3ccc(-c4ccccc4)cc3)c12. The molecule has 3 nitrogen and oxygen atoms in total. The third kappa shape index (κ3) is 6.15. The maximum Gasteiger partial charge on any atom is 0.0641 e. The van der Waals surface area contributed by atoms with Gasteiger partial charge in [-0.1, -0.05) is 200 Å². The smallest absolute Gasteiger partial charge is 0.0641 e. The summed E-state index contributed by atoms with van der Waals surface area (Å²) in [5.41, 5.74) is 21.4. The summed E-state index contributed by atoms with van der Waals surface area (Å²) in [7, 11) is 0. The van der Waals surface area contributed by atoms with E-state index in [1.807, 2.05) is 0 Å². The van der Waals surface area contributed by atoms with Crippen LogP contribution < -0.4 is 0 Å². The lowest BCUT2D eigenvalue weighted by Gasteiger charge is -2.18. The van der Waals surface area contributed by atoms with Gasteiger partial charge in [-0.25, -0.2) is 0 Å². The lowest BCUT2D eigenvalue weighted by atomic mass is 9.97. The van der Waals surface area contributed by atoms with Crippen LogP contribution in [0.3, 0.4) is 0 Å². The molecule has 0 N–H and O–H groups in total. The Morgan fingerprint density at radius 1 is 0.271 bits per heavy atom. The Balaban J connectivity index is 0.995. The fourth-order valence-electron chi connectivity index (χ4n) is 11.4. The van der Waals surface area contributed by atoms with Crippen molar-refractivity contribution in [2.75, 3.05) is 0 Å². The van der Waals surface area contributed by atoms with E-state index in [2.05, 4.69) is 275 Å². The highest BCUT2D eigenvalue weighted by Gasteiger charge is 2.24. The van der Waals surface area contributed by atoms with Gasteiger partial charge in [-0.2, -0.15) is 0 Å². The second kappa shape index (κ2) is 16.0. The highest BCUT2D eigenvalue weighted by molar-refractivity contribution is 6.26. The zero-order valence-electron chi connectivity index (χ0n) is 38.6. The molecule has 0 aliphatic carbocycles. The zero-order chi connectivity index (χ0) is 46.3. The number of hydrogen-bond acceptors (Lipinski definition) is 0. The van der Waals surface area contributed by atoms with Crippen LogP contribution in [-0.2, 0) is 0 Å². The maximum atomic E-state index is 2.53. The number of para-hydroxylation sites is 4. The molecule has 14 rings (SSSR count). The van der Waals surface area contributed by atoms with Crippen LogP contribution in [0.1, 0.15) is 5.56 Å². The van der Waals surface area contributed by atoms with Crippen LogP contribution in [0.25, 0.3) is 127 Å². The lowest BCUT2D eigenvalue weighted by Crippen LogP contribution is -2.01. The van der Waals surface area contributed by atoms with Crippen molar-refractivity contribution in [3.05, 3.63) is 260 Å². The Kier molecular flexibility index (Phi) is 9.11. The van der Waals surface area contributed by atoms with Crippen LogP contribution in [0.15, 0.2) is 255 Å². The van der Waals surface area contributed by atoms with Crippen molar-refractivity contribution in [2.45, 2.75) is 6.92 Å². The molecule has 0 saturated carbocycles. The second-order valence-corrected chi connectivity index (χ2v) is 18.5. The first kappa shape index (κ1) is 39.9. The van der Waals surface area contributed by atoms with Crippen LogP contribution in [0.2, 0.25) is 0 Å². The Morgan fingerprint density at radius 2 is 0.786 bits per heavy atom. The van der Waals surface area contributed by atoms with E-state index in [-0.39, 0.29) is 0 Å². The van der Waals surface area contributed by atoms with Crippen molar-refractivity contribution < 1.29 is 0 Å². The van der Waals surface area contributed by atoms with Gasteiger partial charge in [0.2, 0.25) is 0 Å². The lowest BCUT2D eigenvalue weighted by molar-refractivity contribution is 1.15. The monoisotopic (exact) mass is 891 g/mol. The van der Waals surface area contributed by atoms with E-state index in [1.165, 1.54) is 121 Å². The molecule has 3 heterocycles. The molecule has 0 aliphatic rings. The first-order chi connectivity index (χ1) is 34.7. The van der Waals surface area contributed by atoms with Crippen molar-refractivity contribution >= 4 is 65.4 Å². The molecular weight excluding hydrogens is 847 g/mol. The summed E-state index contributed by atoms with van der Waals surface area (Å²) in [6.07, 6.45) is 0. The average molecular weight is 892 g/mol. The van der Waals surface area contributed by atoms with Gasteiger partial charge < -0.3 is 13.7 Å². The van der Waals surface area contributed by atoms with Gasteiger partial charge in [0, 0.05) is 49.1 Å². The Bertz CT molecular complexity index is 4320. The summed E-state index contributed by atoms with van der Waals surface area (Å²) < 4.78 is 7.50. The van der Waals surface area contributed by atoms with Crippen molar-refractivity contribution in [3.63, 3.8) is 0 Å². The van der Waals surface area contributed by atoms with Crippen molar-refractivity contribution in [3.8, 4) is 61.6 Å². The van der Waals surface area contributed by atoms with E-state index < -0.39 is 0 Å². The number of aromatic nitrogens is 3. The molecular formula is C67H45N3. The minimum absolute atomic E-state index is 1.14. The van der Waals surface area contributed by atoms with Gasteiger partial charge >= 0.3 is 0 Å². The van der Waals surface area contributed by atoms with Crippen LogP contribution in [0.5, 0.6) is 0 Å². The predicted molar refractivity (Wildman–Crippen MR) is 296 cm³/mol. The number of benzene rings is 11. The van der Waals surface area contributed by atoms with Crippen molar-refractivity contribution in [1.29, 1.82) is 0 Å². The molecule has 3 aromatic heterocycles. The highest BCUT2D eigenvalue weighted by Crippen LogP contribution is 2.45. The highest BCUT2D eigenvalue weighted by atomic mass is 15.0. The molecule has 328 valence electrons. The minimum atomic E-state index is 1.14. The number of rotatable bonds is 7. The molecule has 0 saturated heterocycles. The Labute approximate surface area is 406 Å². The molecule has 3 heteroatoms. The van der Waals surface area contributed by atoms with Gasteiger partial charge in [-0.15, -0.1) is 0 Å². The van der Waals surface area contributed by atoms with Crippen LogP contribution in [-0.4, -0.2) is 13.7 Å². The fourth-order valence-corrected chi connectivity index (χ4v) is 11.4. The Hall–Kier alpha value is -9.18. The first-order valence-electron chi connectivity index (χ1n) is 24.2. The van der Waals surface area contributed by atoms with E-state index >= 15 is 0 Å². The van der Waals surface area contributed by atoms with Gasteiger partial charge in [-0.05, 0) is 100 Å². The standard InChI is InChI=1S/C67H45N3/c1-44-18-17-28-53(50-35-40-62-58(42-50)55-26-12-15-30-60(55)69(62)64-43-49(46-21-7-3-8-22-46)34-38-52(64)48-23-9-4-10-24-48)66(44)70-61-31-16-13-27-57(61)65-63(70)41-39-56-54-25-11-14-29-59(54)68(67(56)65)51-36-32-47(33-37-51)45-19-5-2-6-20-45/h2-43H,1H3. The van der Waals surface area contributed by atoms with E-state index in [9.17, 15) is 0 Å². The largest absolute Gasteiger partial charge is 0.309 e. The molecule has 0 unspecified atom stereocenters. The summed E-state index contributed by atoms with van der Waals surface area (Å²) in [5, 5.41) is 7.41. The van der Waals surface area contributed by atoms with Gasteiger partial charge in [0.25, 0.3) is 0 Å². The van der Waals surface area contributed by atoms with Gasteiger partial charge in [0.1, 0.15) is 0 Å². The second-order valence-electron chi connectivity index (χ2n) is 18.5. The summed E-state index contributed by atoms with van der Waals surface area (Å²) in [4.78, 5) is 0. The summed E-state index contributed by atoms with van der Waals surface area (Å²) in [6, 6.07) is 93.5. The predicted octanol–water partition coefficient (Wildman–Crippen LogP) is 18.0. The van der Waals surface area contributed by atoms with Gasteiger partial charge in [0.15, 0.2) is 0 Å². The molecule has 0 bridgehead atoms. The van der Waals surface area contributed by atoms with Crippen molar-refractivity contribution in [1.82, 2.24) is 13.7 Å². The van der Waals surface area contributed by atoms with E-state index in [0.717, 1.165) is 11.4 Å². The fraction of sp³-hybridized carbons (Fsp3) is 0.0149. The topological polar surface area (TPSA) is 14.8 Å². The van der Waals surface area contributed by atoms with Crippen LogP contribution in [0, 0.1) is 6.92 Å². The average Bonchev–Trinajstić information content (AvgIpc) is 4.07. The molecule has 0 radical (unpaired) electrons. The molecule has 14 aromatic rings. The Morgan fingerprint density at radius 3 is 1.49 bits per heavy atom. The van der Waals surface area contributed by atoms with Gasteiger partial charge in [0.05, 0.1) is 44.5 Å². The summed E-state index contributed by atoms with van der Waals surface area (Å²) in [5.74, 6) is 0. The van der Waals surface area contributed by atoms with Crippen molar-refractivity contribution in [2.24, 2.45) is 0 Å². The molecule has 0 atom stereocenters. The van der Waals surface area contributed by atoms with E-state index in [4.69, 9.17) is 0 Å². The van der Waals surface area contributed by atoms with Gasteiger partial charge in [-0.3, -0.25) is 0 Å². The number of aryl methyl sites for hydroxylation is 1. The summed E-state index contributed by atoms with van der Waals surface area (Å²) >= 11 is 0. The molecule has 0 aliphatic heterocycles. The molecule has 0 spiro atoms. The third-order valence-corrected chi connectivity index (χ3v) is 14.6. The summed E-state index contributed by atoms with van der Waals surface area (Å²) in [6.45, 7) is 2.26. The molecule has 11 aromatic carbocycles. The molecule has 0 amide bonds. The molecule has 70 heavy (non-hydrogen) atoms. The number of nitrogens with zero attached hydrogens (tertiary/aromatic N) is 3. The molecule has 0 fully saturated rings. The van der Waals surface area contributed by atoms with Crippen LogP contribution >= 0.6 is 0 Å². The third-order valence-electron chi connectivity index (χ3n) is 14.6.